The molecule has 0 bridgehead atoms. The van der Waals surface area contributed by atoms with Crippen LogP contribution >= 0.6 is 11.6 Å². The summed E-state index contributed by atoms with van der Waals surface area (Å²) in [6, 6.07) is 3.56. The standard InChI is InChI=1S/C9H9ClN2O4/c1-6(10)4-7-2-3-8(11(13)14)5-9(7)12(15)16/h2-3,5-6H,4H2,1H3. The zero-order valence-electron chi connectivity index (χ0n) is 8.42. The number of hydrogen-bond acceptors (Lipinski definition) is 4. The lowest BCUT2D eigenvalue weighted by Gasteiger charge is -2.04. The first-order valence-corrected chi connectivity index (χ1v) is 4.91. The van der Waals surface area contributed by atoms with Crippen molar-refractivity contribution in [2.75, 3.05) is 0 Å². The first-order chi connectivity index (χ1) is 7.41. The maximum atomic E-state index is 10.7. The zero-order valence-corrected chi connectivity index (χ0v) is 9.18. The molecule has 0 heterocycles. The largest absolute Gasteiger partial charge is 0.279 e. The lowest BCUT2D eigenvalue weighted by Crippen LogP contribution is -2.02. The Kier molecular flexibility index (Phi) is 3.78. The molecule has 0 aliphatic heterocycles. The summed E-state index contributed by atoms with van der Waals surface area (Å²) in [5.74, 6) is 0. The second-order valence-electron chi connectivity index (χ2n) is 3.31. The molecule has 0 fully saturated rings. The van der Waals surface area contributed by atoms with E-state index in [2.05, 4.69) is 0 Å². The molecule has 6 nitrogen and oxygen atoms in total. The summed E-state index contributed by atoms with van der Waals surface area (Å²) in [7, 11) is 0. The van der Waals surface area contributed by atoms with Crippen LogP contribution in [-0.2, 0) is 6.42 Å². The highest BCUT2D eigenvalue weighted by Crippen LogP contribution is 2.26. The van der Waals surface area contributed by atoms with Gasteiger partial charge in [0.25, 0.3) is 11.4 Å². The summed E-state index contributed by atoms with van der Waals surface area (Å²) in [5.41, 5.74) is -0.155. The summed E-state index contributed by atoms with van der Waals surface area (Å²) < 4.78 is 0. The fourth-order valence-corrected chi connectivity index (χ4v) is 1.48. The number of alkyl halides is 1. The van der Waals surface area contributed by atoms with Gasteiger partial charge in [-0.15, -0.1) is 11.6 Å². The van der Waals surface area contributed by atoms with Crippen LogP contribution in [0.4, 0.5) is 11.4 Å². The van der Waals surface area contributed by atoms with Gasteiger partial charge in [-0.05, 0) is 19.4 Å². The molecule has 0 spiro atoms. The van der Waals surface area contributed by atoms with Gasteiger partial charge in [0.2, 0.25) is 0 Å². The predicted octanol–water partition coefficient (Wildman–Crippen LogP) is 2.67. The molecule has 0 N–H and O–H groups in total. The fraction of sp³-hybridized carbons (Fsp3) is 0.333. The summed E-state index contributed by atoms with van der Waals surface area (Å²) in [4.78, 5) is 19.9. The van der Waals surface area contributed by atoms with Crippen molar-refractivity contribution >= 4 is 23.0 Å². The Balaban J connectivity index is 3.19. The Hall–Kier alpha value is -1.69. The molecule has 1 unspecified atom stereocenters. The molecule has 0 aromatic heterocycles. The van der Waals surface area contributed by atoms with Gasteiger partial charge in [-0.2, -0.15) is 0 Å². The second kappa shape index (κ2) is 4.89. The van der Waals surface area contributed by atoms with E-state index in [0.717, 1.165) is 6.07 Å². The van der Waals surface area contributed by atoms with Crippen LogP contribution in [0, 0.1) is 20.2 Å². The van der Waals surface area contributed by atoms with Gasteiger partial charge in [0.15, 0.2) is 0 Å². The molecule has 1 atom stereocenters. The molecule has 16 heavy (non-hydrogen) atoms. The van der Waals surface area contributed by atoms with Crippen LogP contribution in [-0.4, -0.2) is 15.2 Å². The van der Waals surface area contributed by atoms with Crippen LogP contribution in [0.25, 0.3) is 0 Å². The molecule has 0 aliphatic rings. The highest BCUT2D eigenvalue weighted by atomic mass is 35.5. The second-order valence-corrected chi connectivity index (χ2v) is 4.06. The Morgan fingerprint density at radius 2 is 1.94 bits per heavy atom. The molecule has 1 rings (SSSR count). The number of nitrogens with zero attached hydrogens (tertiary/aromatic N) is 2. The van der Waals surface area contributed by atoms with E-state index < -0.39 is 9.85 Å². The molecular weight excluding hydrogens is 236 g/mol. The normalized spacial score (nSPS) is 12.1. The lowest BCUT2D eigenvalue weighted by molar-refractivity contribution is -0.394. The molecular formula is C9H9ClN2O4. The minimum atomic E-state index is -0.666. The topological polar surface area (TPSA) is 86.3 Å². The molecule has 1 aromatic rings. The van der Waals surface area contributed by atoms with E-state index in [9.17, 15) is 20.2 Å². The third-order valence-electron chi connectivity index (χ3n) is 1.98. The van der Waals surface area contributed by atoms with Crippen LogP contribution in [0.2, 0.25) is 0 Å². The smallest absolute Gasteiger partial charge is 0.258 e. The van der Waals surface area contributed by atoms with Crippen molar-refractivity contribution in [2.45, 2.75) is 18.7 Å². The van der Waals surface area contributed by atoms with E-state index in [1.807, 2.05) is 0 Å². The van der Waals surface area contributed by atoms with Crippen molar-refractivity contribution in [1.29, 1.82) is 0 Å². The number of benzene rings is 1. The SMILES string of the molecule is CC(Cl)Cc1ccc([N+](=O)[O-])cc1[N+](=O)[O-]. The maximum Gasteiger partial charge on any atom is 0.279 e. The molecule has 0 amide bonds. The summed E-state index contributed by atoms with van der Waals surface area (Å²) in [5, 5.41) is 20.9. The van der Waals surface area contributed by atoms with Crippen LogP contribution in [0.3, 0.4) is 0 Å². The van der Waals surface area contributed by atoms with Crippen LogP contribution < -0.4 is 0 Å². The Morgan fingerprint density at radius 3 is 2.38 bits per heavy atom. The van der Waals surface area contributed by atoms with Crippen molar-refractivity contribution < 1.29 is 9.85 Å². The Morgan fingerprint density at radius 1 is 1.31 bits per heavy atom. The summed E-state index contributed by atoms with van der Waals surface area (Å²) >= 11 is 5.73. The summed E-state index contributed by atoms with van der Waals surface area (Å²) in [6.07, 6.45) is 0.301. The predicted molar refractivity (Wildman–Crippen MR) is 58.8 cm³/mol. The number of nitro groups is 2. The molecule has 0 radical (unpaired) electrons. The van der Waals surface area contributed by atoms with Gasteiger partial charge < -0.3 is 0 Å². The average molecular weight is 245 g/mol. The molecule has 0 saturated heterocycles. The van der Waals surface area contributed by atoms with Crippen molar-refractivity contribution in [3.05, 3.63) is 44.0 Å². The minimum absolute atomic E-state index is 0.262. The Bertz CT molecular complexity index is 434. The van der Waals surface area contributed by atoms with Gasteiger partial charge >= 0.3 is 0 Å². The van der Waals surface area contributed by atoms with Gasteiger partial charge in [-0.25, -0.2) is 0 Å². The minimum Gasteiger partial charge on any atom is -0.258 e. The number of halogens is 1. The van der Waals surface area contributed by atoms with Gasteiger partial charge in [-0.1, -0.05) is 0 Å². The average Bonchev–Trinajstić information content (AvgIpc) is 2.16. The maximum absolute atomic E-state index is 10.7. The van der Waals surface area contributed by atoms with E-state index in [4.69, 9.17) is 11.6 Å². The molecule has 1 aromatic carbocycles. The van der Waals surface area contributed by atoms with Gasteiger partial charge in [0.1, 0.15) is 0 Å². The first-order valence-electron chi connectivity index (χ1n) is 4.47. The van der Waals surface area contributed by atoms with Gasteiger partial charge in [0, 0.05) is 17.0 Å². The third kappa shape index (κ3) is 2.90. The van der Waals surface area contributed by atoms with Crippen molar-refractivity contribution in [2.24, 2.45) is 0 Å². The van der Waals surface area contributed by atoms with E-state index >= 15 is 0 Å². The number of nitro benzene ring substituents is 2. The monoisotopic (exact) mass is 244 g/mol. The fourth-order valence-electron chi connectivity index (χ4n) is 1.31. The molecule has 86 valence electrons. The van der Waals surface area contributed by atoms with Crippen molar-refractivity contribution in [3.8, 4) is 0 Å². The number of non-ortho nitro benzene ring substituents is 1. The van der Waals surface area contributed by atoms with E-state index in [-0.39, 0.29) is 16.8 Å². The van der Waals surface area contributed by atoms with Crippen LogP contribution in [0.15, 0.2) is 18.2 Å². The zero-order chi connectivity index (χ0) is 12.3. The van der Waals surface area contributed by atoms with E-state index in [1.54, 1.807) is 6.92 Å². The molecule has 0 aliphatic carbocycles. The number of hydrogen-bond donors (Lipinski definition) is 0. The van der Waals surface area contributed by atoms with E-state index in [0.29, 0.717) is 12.0 Å². The van der Waals surface area contributed by atoms with Gasteiger partial charge in [0.05, 0.1) is 15.9 Å². The Labute approximate surface area is 96.1 Å². The quantitative estimate of drug-likeness (QED) is 0.463. The molecule has 7 heteroatoms. The molecule has 0 saturated carbocycles. The van der Waals surface area contributed by atoms with Gasteiger partial charge in [-0.3, -0.25) is 20.2 Å². The van der Waals surface area contributed by atoms with Crippen LogP contribution in [0.1, 0.15) is 12.5 Å². The number of rotatable bonds is 4. The highest BCUT2D eigenvalue weighted by molar-refractivity contribution is 6.20. The lowest BCUT2D eigenvalue weighted by atomic mass is 10.1. The summed E-state index contributed by atoms with van der Waals surface area (Å²) in [6.45, 7) is 1.70. The third-order valence-corrected chi connectivity index (χ3v) is 2.13. The van der Waals surface area contributed by atoms with Crippen LogP contribution in [0.5, 0.6) is 0 Å². The van der Waals surface area contributed by atoms with Crippen molar-refractivity contribution in [1.82, 2.24) is 0 Å². The highest BCUT2D eigenvalue weighted by Gasteiger charge is 2.19. The van der Waals surface area contributed by atoms with E-state index in [1.165, 1.54) is 12.1 Å². The first kappa shape index (κ1) is 12.4. The van der Waals surface area contributed by atoms with Crippen molar-refractivity contribution in [3.63, 3.8) is 0 Å².